The van der Waals surface area contributed by atoms with Crippen molar-refractivity contribution in [1.29, 1.82) is 0 Å². The molecule has 0 bridgehead atoms. The van der Waals surface area contributed by atoms with Crippen molar-refractivity contribution in [2.75, 3.05) is 13.2 Å². The van der Waals surface area contributed by atoms with Crippen LogP contribution >= 0.6 is 0 Å². The van der Waals surface area contributed by atoms with Crippen LogP contribution in [0.4, 0.5) is 0 Å². The molecular formula is C18H25N5O2. The number of carbonyl (C=O) groups excluding carboxylic acids is 1. The average Bonchev–Trinajstić information content (AvgIpc) is 3.07. The summed E-state index contributed by atoms with van der Waals surface area (Å²) in [6, 6.07) is 1.57. The van der Waals surface area contributed by atoms with Crippen LogP contribution in [0.15, 0.2) is 18.5 Å². The van der Waals surface area contributed by atoms with E-state index in [0.29, 0.717) is 17.4 Å². The van der Waals surface area contributed by atoms with E-state index in [-0.39, 0.29) is 11.9 Å². The predicted molar refractivity (Wildman–Crippen MR) is 93.2 cm³/mol. The summed E-state index contributed by atoms with van der Waals surface area (Å²) in [6.07, 6.45) is 5.55. The highest BCUT2D eigenvalue weighted by Crippen LogP contribution is 2.29. The van der Waals surface area contributed by atoms with Crippen LogP contribution in [-0.4, -0.2) is 38.6 Å². The summed E-state index contributed by atoms with van der Waals surface area (Å²) >= 11 is 0. The van der Waals surface area contributed by atoms with Gasteiger partial charge in [-0.2, -0.15) is 0 Å². The van der Waals surface area contributed by atoms with Crippen molar-refractivity contribution in [3.63, 3.8) is 0 Å². The maximum absolute atomic E-state index is 12.8. The zero-order chi connectivity index (χ0) is 17.8. The van der Waals surface area contributed by atoms with E-state index in [0.717, 1.165) is 44.1 Å². The van der Waals surface area contributed by atoms with E-state index in [9.17, 15) is 4.79 Å². The lowest BCUT2D eigenvalue weighted by Crippen LogP contribution is -2.38. The fourth-order valence-electron chi connectivity index (χ4n) is 3.36. The number of hydrogen-bond donors (Lipinski definition) is 1. The Kier molecular flexibility index (Phi) is 5.43. The number of nitrogens with zero attached hydrogens (tertiary/aromatic N) is 4. The number of nitrogens with one attached hydrogen (secondary N) is 1. The van der Waals surface area contributed by atoms with Gasteiger partial charge in [0.25, 0.3) is 5.91 Å². The molecule has 0 aliphatic carbocycles. The van der Waals surface area contributed by atoms with E-state index < -0.39 is 0 Å². The second-order valence-electron chi connectivity index (χ2n) is 6.41. The Morgan fingerprint density at radius 1 is 1.36 bits per heavy atom. The van der Waals surface area contributed by atoms with Crippen LogP contribution in [0.25, 0.3) is 0 Å². The predicted octanol–water partition coefficient (Wildman–Crippen LogP) is 2.21. The monoisotopic (exact) mass is 343 g/mol. The van der Waals surface area contributed by atoms with Gasteiger partial charge in [-0.3, -0.25) is 4.79 Å². The normalized spacial score (nSPS) is 16.6. The molecule has 7 nitrogen and oxygen atoms in total. The number of ether oxygens (including phenoxy) is 1. The van der Waals surface area contributed by atoms with E-state index in [1.165, 1.54) is 0 Å². The minimum absolute atomic E-state index is 0.151. The molecular weight excluding hydrogens is 318 g/mol. The fraction of sp³-hybridized carbons (Fsp3) is 0.556. The Hall–Kier alpha value is -2.28. The Balaban J connectivity index is 1.87. The Bertz CT molecular complexity index is 717. The number of hydrogen-bond acceptors (Lipinski definition) is 5. The second-order valence-corrected chi connectivity index (χ2v) is 6.41. The van der Waals surface area contributed by atoms with Crippen LogP contribution in [0.5, 0.6) is 0 Å². The molecule has 2 aromatic heterocycles. The van der Waals surface area contributed by atoms with Crippen LogP contribution in [0.3, 0.4) is 0 Å². The average molecular weight is 343 g/mol. The molecule has 1 atom stereocenters. The first-order chi connectivity index (χ1) is 12.1. The fourth-order valence-corrected chi connectivity index (χ4v) is 3.36. The van der Waals surface area contributed by atoms with Gasteiger partial charge in [-0.05, 0) is 45.6 Å². The molecule has 134 valence electrons. The van der Waals surface area contributed by atoms with Crippen LogP contribution in [0, 0.1) is 19.8 Å². The van der Waals surface area contributed by atoms with Gasteiger partial charge in [0.15, 0.2) is 0 Å². The van der Waals surface area contributed by atoms with Crippen LogP contribution in [0.1, 0.15) is 53.6 Å². The molecule has 3 heterocycles. The number of rotatable bonds is 5. The molecule has 1 saturated heterocycles. The molecule has 1 aliphatic rings. The molecule has 3 rings (SSSR count). The number of imidazole rings is 1. The SMILES string of the molecule is CCn1ccnc1[C@H](NC(=O)c1cc(C)nc(C)n1)C1CCOCC1. The van der Waals surface area contributed by atoms with Crippen molar-refractivity contribution in [1.82, 2.24) is 24.8 Å². The molecule has 0 spiro atoms. The minimum atomic E-state index is -0.184. The molecule has 0 radical (unpaired) electrons. The van der Waals surface area contributed by atoms with Gasteiger partial charge in [-0.15, -0.1) is 0 Å². The molecule has 25 heavy (non-hydrogen) atoms. The van der Waals surface area contributed by atoms with Crippen LogP contribution in [-0.2, 0) is 11.3 Å². The van der Waals surface area contributed by atoms with Gasteiger partial charge >= 0.3 is 0 Å². The van der Waals surface area contributed by atoms with Crippen LogP contribution < -0.4 is 5.32 Å². The zero-order valence-electron chi connectivity index (χ0n) is 15.0. The van der Waals surface area contributed by atoms with E-state index in [2.05, 4.69) is 31.8 Å². The first kappa shape index (κ1) is 17.5. The summed E-state index contributed by atoms with van der Waals surface area (Å²) < 4.78 is 7.56. The van der Waals surface area contributed by atoms with E-state index in [1.54, 1.807) is 19.2 Å². The molecule has 1 fully saturated rings. The molecule has 2 aromatic rings. The third kappa shape index (κ3) is 4.04. The highest BCUT2D eigenvalue weighted by atomic mass is 16.5. The highest BCUT2D eigenvalue weighted by molar-refractivity contribution is 5.92. The zero-order valence-corrected chi connectivity index (χ0v) is 15.0. The minimum Gasteiger partial charge on any atom is -0.381 e. The highest BCUT2D eigenvalue weighted by Gasteiger charge is 2.30. The number of aromatic nitrogens is 4. The van der Waals surface area contributed by atoms with E-state index >= 15 is 0 Å². The molecule has 0 unspecified atom stereocenters. The summed E-state index contributed by atoms with van der Waals surface area (Å²) in [5.74, 6) is 1.61. The lowest BCUT2D eigenvalue weighted by molar-refractivity contribution is 0.0497. The molecule has 0 aromatic carbocycles. The van der Waals surface area contributed by atoms with E-state index in [4.69, 9.17) is 4.74 Å². The Morgan fingerprint density at radius 3 is 2.80 bits per heavy atom. The quantitative estimate of drug-likeness (QED) is 0.900. The molecule has 1 N–H and O–H groups in total. The Labute approximate surface area is 147 Å². The third-order valence-corrected chi connectivity index (χ3v) is 4.59. The van der Waals surface area contributed by atoms with Gasteiger partial charge in [0.1, 0.15) is 17.3 Å². The van der Waals surface area contributed by atoms with Crippen molar-refractivity contribution < 1.29 is 9.53 Å². The first-order valence-electron chi connectivity index (χ1n) is 8.80. The van der Waals surface area contributed by atoms with Crippen molar-refractivity contribution in [2.45, 2.75) is 46.2 Å². The summed E-state index contributed by atoms with van der Waals surface area (Å²) in [5, 5.41) is 3.17. The second kappa shape index (κ2) is 7.74. The van der Waals surface area contributed by atoms with Crippen molar-refractivity contribution in [3.05, 3.63) is 41.5 Å². The first-order valence-corrected chi connectivity index (χ1v) is 8.80. The molecule has 7 heteroatoms. The standard InChI is InChI=1S/C18H25N5O2/c1-4-23-8-7-19-17(23)16(14-5-9-25-10-6-14)22-18(24)15-11-12(2)20-13(3)21-15/h7-8,11,14,16H,4-6,9-10H2,1-3H3,(H,22,24)/t16-/m1/s1. The number of amides is 1. The van der Waals surface area contributed by atoms with Gasteiger partial charge in [0, 0.05) is 37.8 Å². The van der Waals surface area contributed by atoms with Crippen molar-refractivity contribution >= 4 is 5.91 Å². The maximum atomic E-state index is 12.8. The van der Waals surface area contributed by atoms with Gasteiger partial charge in [0.2, 0.25) is 0 Å². The van der Waals surface area contributed by atoms with Gasteiger partial charge in [0.05, 0.1) is 6.04 Å². The molecule has 1 aliphatic heterocycles. The van der Waals surface area contributed by atoms with Gasteiger partial charge in [-0.25, -0.2) is 15.0 Å². The molecule has 0 saturated carbocycles. The summed E-state index contributed by atoms with van der Waals surface area (Å²) in [6.45, 7) is 7.99. The lowest BCUT2D eigenvalue weighted by Gasteiger charge is -2.30. The Morgan fingerprint density at radius 2 is 2.12 bits per heavy atom. The largest absolute Gasteiger partial charge is 0.381 e. The van der Waals surface area contributed by atoms with Gasteiger partial charge < -0.3 is 14.6 Å². The number of aryl methyl sites for hydroxylation is 3. The van der Waals surface area contributed by atoms with Crippen LogP contribution in [0.2, 0.25) is 0 Å². The smallest absolute Gasteiger partial charge is 0.270 e. The molecule has 1 amide bonds. The van der Waals surface area contributed by atoms with E-state index in [1.807, 2.05) is 13.1 Å². The van der Waals surface area contributed by atoms with Gasteiger partial charge in [-0.1, -0.05) is 0 Å². The maximum Gasteiger partial charge on any atom is 0.270 e. The number of carbonyl (C=O) groups is 1. The summed E-state index contributed by atoms with van der Waals surface area (Å²) in [7, 11) is 0. The van der Waals surface area contributed by atoms with Crippen molar-refractivity contribution in [3.8, 4) is 0 Å². The lowest BCUT2D eigenvalue weighted by atomic mass is 9.91. The topological polar surface area (TPSA) is 81.9 Å². The summed E-state index contributed by atoms with van der Waals surface area (Å²) in [4.78, 5) is 25.9. The van der Waals surface area contributed by atoms with Crippen molar-refractivity contribution in [2.24, 2.45) is 5.92 Å². The third-order valence-electron chi connectivity index (χ3n) is 4.59. The summed E-state index contributed by atoms with van der Waals surface area (Å²) in [5.41, 5.74) is 1.19.